The monoisotopic (exact) mass is 316 g/mol. The van der Waals surface area contributed by atoms with Gasteiger partial charge in [-0.1, -0.05) is 11.6 Å². The lowest BCUT2D eigenvalue weighted by Crippen LogP contribution is -2.09. The SMILES string of the molecule is COc1cc(S(=O)(=O)Oc2ccc(F)cc2)ccc1Cl. The summed E-state index contributed by atoms with van der Waals surface area (Å²) in [4.78, 5) is -0.108. The first-order valence-corrected chi connectivity index (χ1v) is 7.24. The zero-order valence-corrected chi connectivity index (χ0v) is 11.9. The molecule has 0 amide bonds. The van der Waals surface area contributed by atoms with Gasteiger partial charge in [0.1, 0.15) is 22.2 Å². The minimum atomic E-state index is -4.04. The summed E-state index contributed by atoms with van der Waals surface area (Å²) in [5.41, 5.74) is 0. The highest BCUT2D eigenvalue weighted by atomic mass is 35.5. The Balaban J connectivity index is 2.33. The van der Waals surface area contributed by atoms with Crippen LogP contribution in [0.25, 0.3) is 0 Å². The first kappa shape index (κ1) is 14.6. The van der Waals surface area contributed by atoms with Crippen LogP contribution in [0.15, 0.2) is 47.4 Å². The molecule has 0 aliphatic rings. The summed E-state index contributed by atoms with van der Waals surface area (Å²) in [5.74, 6) is -0.251. The van der Waals surface area contributed by atoms with Crippen molar-refractivity contribution in [3.63, 3.8) is 0 Å². The molecule has 2 aromatic carbocycles. The average molecular weight is 317 g/mol. The molecule has 0 unspecified atom stereocenters. The fourth-order valence-corrected chi connectivity index (χ4v) is 2.60. The molecule has 2 aromatic rings. The standard InChI is InChI=1S/C13H10ClFO4S/c1-18-13-8-11(6-7-12(13)14)20(16,17)19-10-4-2-9(15)3-5-10/h2-8H,1H3. The maximum absolute atomic E-state index is 12.7. The van der Waals surface area contributed by atoms with Gasteiger partial charge in [0.2, 0.25) is 0 Å². The van der Waals surface area contributed by atoms with Gasteiger partial charge >= 0.3 is 10.1 Å². The van der Waals surface area contributed by atoms with Crippen LogP contribution in [0.5, 0.6) is 11.5 Å². The molecule has 0 atom stereocenters. The van der Waals surface area contributed by atoms with Crippen molar-refractivity contribution in [3.05, 3.63) is 53.3 Å². The van der Waals surface area contributed by atoms with Crippen molar-refractivity contribution >= 4 is 21.7 Å². The number of ether oxygens (including phenoxy) is 1. The second-order valence-electron chi connectivity index (χ2n) is 3.79. The second kappa shape index (κ2) is 5.68. The van der Waals surface area contributed by atoms with Crippen LogP contribution in [0, 0.1) is 5.82 Å². The van der Waals surface area contributed by atoms with Gasteiger partial charge in [-0.3, -0.25) is 0 Å². The molecule has 0 radical (unpaired) electrons. The largest absolute Gasteiger partial charge is 0.495 e. The van der Waals surface area contributed by atoms with E-state index in [1.807, 2.05) is 0 Å². The lowest BCUT2D eigenvalue weighted by Gasteiger charge is -2.09. The van der Waals surface area contributed by atoms with E-state index in [4.69, 9.17) is 20.5 Å². The zero-order chi connectivity index (χ0) is 14.8. The Kier molecular flexibility index (Phi) is 4.15. The molecule has 106 valence electrons. The van der Waals surface area contributed by atoms with Gasteiger partial charge in [-0.05, 0) is 36.4 Å². The van der Waals surface area contributed by atoms with Crippen molar-refractivity contribution in [2.75, 3.05) is 7.11 Å². The highest BCUT2D eigenvalue weighted by molar-refractivity contribution is 7.87. The molecule has 0 heterocycles. The molecule has 4 nitrogen and oxygen atoms in total. The Hall–Kier alpha value is -1.79. The van der Waals surface area contributed by atoms with Gasteiger partial charge in [-0.25, -0.2) is 4.39 Å². The number of benzene rings is 2. The highest BCUT2D eigenvalue weighted by Crippen LogP contribution is 2.28. The van der Waals surface area contributed by atoms with Crippen LogP contribution in [0.4, 0.5) is 4.39 Å². The molecule has 2 rings (SSSR count). The fraction of sp³-hybridized carbons (Fsp3) is 0.0769. The number of methoxy groups -OCH3 is 1. The third kappa shape index (κ3) is 3.20. The van der Waals surface area contributed by atoms with E-state index in [9.17, 15) is 12.8 Å². The van der Waals surface area contributed by atoms with E-state index < -0.39 is 15.9 Å². The molecule has 0 aliphatic carbocycles. The van der Waals surface area contributed by atoms with Gasteiger partial charge in [0.05, 0.1) is 12.1 Å². The quantitative estimate of drug-likeness (QED) is 0.812. The van der Waals surface area contributed by atoms with Crippen molar-refractivity contribution < 1.29 is 21.7 Å². The van der Waals surface area contributed by atoms with Crippen LogP contribution in [-0.2, 0) is 10.1 Å². The molecular weight excluding hydrogens is 307 g/mol. The van der Waals surface area contributed by atoms with E-state index in [0.717, 1.165) is 12.1 Å². The van der Waals surface area contributed by atoms with E-state index in [-0.39, 0.29) is 21.4 Å². The summed E-state index contributed by atoms with van der Waals surface area (Å²) < 4.78 is 46.7. The minimum absolute atomic E-state index is 0.0142. The van der Waals surface area contributed by atoms with E-state index in [1.54, 1.807) is 0 Å². The Morgan fingerprint density at radius 3 is 2.35 bits per heavy atom. The molecule has 0 saturated heterocycles. The smallest absolute Gasteiger partial charge is 0.339 e. The van der Waals surface area contributed by atoms with Crippen molar-refractivity contribution in [3.8, 4) is 11.5 Å². The molecule has 0 aromatic heterocycles. The lowest BCUT2D eigenvalue weighted by molar-refractivity contribution is 0.413. The summed E-state index contributed by atoms with van der Waals surface area (Å²) in [6, 6.07) is 8.59. The van der Waals surface area contributed by atoms with Gasteiger partial charge in [-0.15, -0.1) is 0 Å². The van der Waals surface area contributed by atoms with Crippen LogP contribution in [0.1, 0.15) is 0 Å². The number of halogens is 2. The van der Waals surface area contributed by atoms with Crippen LogP contribution in [-0.4, -0.2) is 15.5 Å². The van der Waals surface area contributed by atoms with Crippen LogP contribution in [0.2, 0.25) is 5.02 Å². The van der Waals surface area contributed by atoms with E-state index in [1.165, 1.54) is 37.4 Å². The van der Waals surface area contributed by atoms with Gasteiger partial charge in [-0.2, -0.15) is 8.42 Å². The van der Waals surface area contributed by atoms with Crippen molar-refractivity contribution in [2.24, 2.45) is 0 Å². The van der Waals surface area contributed by atoms with Gasteiger partial charge < -0.3 is 8.92 Å². The summed E-state index contributed by atoms with van der Waals surface area (Å²) in [7, 11) is -2.66. The molecule has 0 spiro atoms. The molecule has 0 saturated carbocycles. The first-order chi connectivity index (χ1) is 9.42. The van der Waals surface area contributed by atoms with Crippen LogP contribution < -0.4 is 8.92 Å². The Bertz CT molecular complexity index is 714. The third-order valence-electron chi connectivity index (χ3n) is 2.43. The fourth-order valence-electron chi connectivity index (χ4n) is 1.46. The summed E-state index contributed by atoms with van der Waals surface area (Å²) in [5, 5.41) is 0.285. The number of rotatable bonds is 4. The van der Waals surface area contributed by atoms with Crippen molar-refractivity contribution in [1.29, 1.82) is 0 Å². The Labute approximate surface area is 120 Å². The van der Waals surface area contributed by atoms with E-state index >= 15 is 0 Å². The Morgan fingerprint density at radius 2 is 1.75 bits per heavy atom. The molecule has 7 heteroatoms. The van der Waals surface area contributed by atoms with Gasteiger partial charge in [0, 0.05) is 6.07 Å². The minimum Gasteiger partial charge on any atom is -0.495 e. The predicted molar refractivity (Wildman–Crippen MR) is 72.2 cm³/mol. The maximum atomic E-state index is 12.7. The van der Waals surface area contributed by atoms with Crippen LogP contribution >= 0.6 is 11.6 Å². The van der Waals surface area contributed by atoms with Crippen molar-refractivity contribution in [1.82, 2.24) is 0 Å². The predicted octanol–water partition coefficient (Wildman–Crippen LogP) is 3.26. The summed E-state index contributed by atoms with van der Waals surface area (Å²) in [6.45, 7) is 0. The zero-order valence-electron chi connectivity index (χ0n) is 10.3. The molecule has 0 N–H and O–H groups in total. The average Bonchev–Trinajstić information content (AvgIpc) is 2.41. The molecule has 20 heavy (non-hydrogen) atoms. The molecular formula is C13H10ClFO4S. The summed E-state index contributed by atoms with van der Waals surface area (Å²) in [6.07, 6.45) is 0. The second-order valence-corrected chi connectivity index (χ2v) is 5.74. The maximum Gasteiger partial charge on any atom is 0.339 e. The molecule has 0 aliphatic heterocycles. The highest BCUT2D eigenvalue weighted by Gasteiger charge is 2.18. The van der Waals surface area contributed by atoms with Crippen LogP contribution in [0.3, 0.4) is 0 Å². The van der Waals surface area contributed by atoms with Gasteiger partial charge in [0.15, 0.2) is 0 Å². The van der Waals surface area contributed by atoms with Crippen molar-refractivity contribution in [2.45, 2.75) is 4.90 Å². The lowest BCUT2D eigenvalue weighted by atomic mass is 10.3. The van der Waals surface area contributed by atoms with E-state index in [0.29, 0.717) is 0 Å². The number of hydrogen-bond acceptors (Lipinski definition) is 4. The topological polar surface area (TPSA) is 52.6 Å². The molecule has 0 fully saturated rings. The first-order valence-electron chi connectivity index (χ1n) is 5.46. The van der Waals surface area contributed by atoms with Gasteiger partial charge in [0.25, 0.3) is 0 Å². The normalized spacial score (nSPS) is 11.2. The molecule has 0 bridgehead atoms. The third-order valence-corrected chi connectivity index (χ3v) is 3.99. The Morgan fingerprint density at radius 1 is 1.10 bits per heavy atom. The summed E-state index contributed by atoms with van der Waals surface area (Å²) >= 11 is 5.82. The van der Waals surface area contributed by atoms with E-state index in [2.05, 4.69) is 0 Å². The number of hydrogen-bond donors (Lipinski definition) is 0.